The Hall–Kier alpha value is 0.282. The number of hydrogen-bond acceptors (Lipinski definition) is 4. The Bertz CT molecular complexity index is 592. The number of nitrogen functional groups attached to an aromatic ring is 1. The monoisotopic (exact) mass is 351 g/mol. The van der Waals surface area contributed by atoms with Gasteiger partial charge < -0.3 is 9.31 Å². The maximum absolute atomic E-state index is 11.6. The predicted octanol–water partition coefficient (Wildman–Crippen LogP) is 1.80. The molecule has 3 N–H and O–H groups in total. The Morgan fingerprint density at radius 2 is 1.75 bits per heavy atom. The Morgan fingerprint density at radius 3 is 2.15 bits per heavy atom. The van der Waals surface area contributed by atoms with Crippen molar-refractivity contribution in [3.8, 4) is 0 Å². The summed E-state index contributed by atoms with van der Waals surface area (Å²) in [4.78, 5) is -0.0406. The van der Waals surface area contributed by atoms with Crippen LogP contribution in [-0.4, -0.2) is 47.4 Å². The molecule has 0 aliphatic heterocycles. The average Bonchev–Trinajstić information content (AvgIpc) is 2.25. The van der Waals surface area contributed by atoms with Crippen LogP contribution in [0.1, 0.15) is 0 Å². The van der Waals surface area contributed by atoms with Crippen LogP contribution in [0.2, 0.25) is 11.6 Å². The number of rotatable bonds is 5. The lowest BCUT2D eigenvalue weighted by Crippen LogP contribution is -2.22. The van der Waals surface area contributed by atoms with Crippen LogP contribution in [0.5, 0.6) is 0 Å². The van der Waals surface area contributed by atoms with Crippen molar-refractivity contribution in [2.45, 2.75) is 16.5 Å². The Balaban J connectivity index is 3.43. The van der Waals surface area contributed by atoms with Crippen LogP contribution in [0.4, 0.5) is 5.69 Å². The molecule has 0 heterocycles. The van der Waals surface area contributed by atoms with Gasteiger partial charge in [-0.3, -0.25) is 4.55 Å². The highest BCUT2D eigenvalue weighted by atomic mass is 32.2. The van der Waals surface area contributed by atoms with Gasteiger partial charge in [-0.15, -0.1) is 0 Å². The van der Waals surface area contributed by atoms with Crippen molar-refractivity contribution in [3.63, 3.8) is 0 Å². The Morgan fingerprint density at radius 1 is 1.20 bits per heavy atom. The van der Waals surface area contributed by atoms with Gasteiger partial charge in [0, 0.05) is 19.1 Å². The normalized spacial score (nSPS) is 13.6. The molecule has 1 unspecified atom stereocenters. The number of nitrogens with two attached hydrogens (primary N) is 1. The summed E-state index contributed by atoms with van der Waals surface area (Å²) in [6.07, 6.45) is 0. The summed E-state index contributed by atoms with van der Waals surface area (Å²) in [5.41, 5.74) is 6.57. The summed E-state index contributed by atoms with van der Waals surface area (Å²) in [7, 11) is -5.90. The lowest BCUT2D eigenvalue weighted by atomic mass is 10.3. The van der Waals surface area contributed by atoms with Gasteiger partial charge in [0.2, 0.25) is 0 Å². The zero-order valence-corrected chi connectivity index (χ0v) is 16.0. The van der Waals surface area contributed by atoms with E-state index in [1.165, 1.54) is 6.07 Å². The molecule has 0 radical (unpaired) electrons. The van der Waals surface area contributed by atoms with Crippen molar-refractivity contribution in [3.05, 3.63) is 12.1 Å². The zero-order valence-electron chi connectivity index (χ0n) is 12.3. The van der Waals surface area contributed by atoms with Crippen LogP contribution in [0, 0.1) is 0 Å². The smallest absolute Gasteiger partial charge is 0.457 e. The molecule has 0 saturated heterocycles. The van der Waals surface area contributed by atoms with Crippen molar-refractivity contribution in [1.29, 1.82) is 0 Å². The molecule has 0 aliphatic carbocycles. The lowest BCUT2D eigenvalue weighted by Gasteiger charge is -2.21. The van der Waals surface area contributed by atoms with Crippen LogP contribution in [0.3, 0.4) is 0 Å². The Kier molecular flexibility index (Phi) is 6.44. The number of hydrogen-bond donors (Lipinski definition) is 2. The molecule has 1 aromatic carbocycles. The average molecular weight is 351 g/mol. The third-order valence-corrected chi connectivity index (χ3v) is 8.97. The minimum atomic E-state index is -4.25. The van der Waals surface area contributed by atoms with Crippen molar-refractivity contribution >= 4 is 57.0 Å². The maximum atomic E-state index is 11.6. The minimum absolute atomic E-state index is 0.0406. The van der Waals surface area contributed by atoms with Gasteiger partial charge in [-0.1, -0.05) is 19.5 Å². The summed E-state index contributed by atoms with van der Waals surface area (Å²) in [6.45, 7) is 5.75. The van der Waals surface area contributed by atoms with Crippen LogP contribution >= 0.6 is 16.1 Å². The molecule has 5 nitrogen and oxygen atoms in total. The Labute approximate surface area is 128 Å². The first-order chi connectivity index (χ1) is 9.04. The van der Waals surface area contributed by atoms with Crippen LogP contribution in [0.25, 0.3) is 0 Å². The molecule has 0 bridgehead atoms. The van der Waals surface area contributed by atoms with E-state index in [0.717, 1.165) is 0 Å². The second-order valence-electron chi connectivity index (χ2n) is 4.90. The topological polar surface area (TPSA) is 89.6 Å². The minimum Gasteiger partial charge on any atom is -0.476 e. The summed E-state index contributed by atoms with van der Waals surface area (Å²) in [6, 6.07) is 3.14. The van der Waals surface area contributed by atoms with E-state index in [9.17, 15) is 13.0 Å². The van der Waals surface area contributed by atoms with Crippen LogP contribution in [-0.2, 0) is 13.7 Å². The maximum Gasteiger partial charge on any atom is 0.457 e. The highest BCUT2D eigenvalue weighted by Crippen LogP contribution is 2.37. The second-order valence-corrected chi connectivity index (χ2v) is 13.0. The van der Waals surface area contributed by atoms with E-state index in [1.54, 1.807) is 6.07 Å². The van der Waals surface area contributed by atoms with Crippen molar-refractivity contribution in [2.24, 2.45) is 0 Å². The number of anilines is 1. The van der Waals surface area contributed by atoms with Crippen LogP contribution < -0.4 is 16.3 Å². The van der Waals surface area contributed by atoms with Gasteiger partial charge in [0.1, 0.15) is 4.90 Å². The summed E-state index contributed by atoms with van der Waals surface area (Å²) < 4.78 is 38.4. The molecule has 1 rings (SSSR count). The fourth-order valence-corrected chi connectivity index (χ4v) is 7.97. The van der Waals surface area contributed by atoms with Gasteiger partial charge in [0.15, 0.2) is 0 Å². The molecule has 0 aromatic heterocycles. The van der Waals surface area contributed by atoms with Gasteiger partial charge >= 0.3 is 14.5 Å². The van der Waals surface area contributed by atoms with Gasteiger partial charge in [0.05, 0.1) is 0 Å². The molecule has 0 amide bonds. The number of benzene rings is 1. The van der Waals surface area contributed by atoms with Crippen molar-refractivity contribution in [1.82, 2.24) is 0 Å². The van der Waals surface area contributed by atoms with E-state index in [1.807, 2.05) is 31.6 Å². The molecule has 1 atom stereocenters. The first kappa shape index (κ1) is 18.3. The molecule has 112 valence electrons. The molecule has 20 heavy (non-hydrogen) atoms. The summed E-state index contributed by atoms with van der Waals surface area (Å²) in [5, 5.41) is 1.27. The molecular formula is C11H20AlNO4P2S. The molecule has 0 fully saturated rings. The standard InChI is InChI=1S/C9H14NO4P2S.2CH3.Al/c1-15(2)8-4-6(10)7(16(3)11)5-9(8)17(12,13)14;;;/h4-5H,10H2,1-3H3,(H,12,13,14);2*1H3;/q-1;;;+1. The second kappa shape index (κ2) is 7.03. The third-order valence-electron chi connectivity index (χ3n) is 2.58. The van der Waals surface area contributed by atoms with Gasteiger partial charge in [-0.2, -0.15) is 8.42 Å². The molecule has 0 saturated carbocycles. The van der Waals surface area contributed by atoms with E-state index in [-0.39, 0.29) is 4.90 Å². The van der Waals surface area contributed by atoms with Crippen molar-refractivity contribution < 1.29 is 16.5 Å². The largest absolute Gasteiger partial charge is 0.476 e. The molecule has 9 heteroatoms. The van der Waals surface area contributed by atoms with Crippen molar-refractivity contribution in [2.75, 3.05) is 25.7 Å². The lowest BCUT2D eigenvalue weighted by molar-refractivity contribution is 0.484. The fourth-order valence-electron chi connectivity index (χ4n) is 1.78. The van der Waals surface area contributed by atoms with E-state index in [2.05, 4.69) is 0 Å². The quantitative estimate of drug-likeness (QED) is 0.365. The fraction of sp³-hybridized carbons (Fsp3) is 0.455. The zero-order chi connectivity index (χ0) is 15.7. The molecular weight excluding hydrogens is 331 g/mol. The SMILES string of the molecule is [CH3][Al]([CH3])[O]P(C)c1cc(S(=O)(=O)O)c(P(C)C)cc1N. The van der Waals surface area contributed by atoms with Crippen LogP contribution in [0.15, 0.2) is 17.0 Å². The van der Waals surface area contributed by atoms with Gasteiger partial charge in [-0.25, -0.2) is 0 Å². The van der Waals surface area contributed by atoms with Gasteiger partial charge in [0.25, 0.3) is 10.1 Å². The first-order valence-electron chi connectivity index (χ1n) is 6.03. The van der Waals surface area contributed by atoms with E-state index >= 15 is 0 Å². The summed E-state index contributed by atoms with van der Waals surface area (Å²) in [5.74, 6) is 4.09. The van der Waals surface area contributed by atoms with Gasteiger partial charge in [-0.05, 0) is 37.4 Å². The summed E-state index contributed by atoms with van der Waals surface area (Å²) >= 11 is -1.24. The molecule has 0 aliphatic rings. The predicted molar refractivity (Wildman–Crippen MR) is 90.1 cm³/mol. The molecule has 1 aromatic rings. The highest BCUT2D eigenvalue weighted by molar-refractivity contribution is 7.86. The highest BCUT2D eigenvalue weighted by Gasteiger charge is 2.23. The van der Waals surface area contributed by atoms with E-state index < -0.39 is 40.7 Å². The van der Waals surface area contributed by atoms with E-state index in [0.29, 0.717) is 16.3 Å². The van der Waals surface area contributed by atoms with E-state index in [4.69, 9.17) is 9.31 Å². The first-order valence-corrected chi connectivity index (χ1v) is 14.2. The third kappa shape index (κ3) is 4.65. The molecule has 0 spiro atoms.